The maximum Gasteiger partial charge on any atom is 0.315 e. The van der Waals surface area contributed by atoms with Gasteiger partial charge in [0.05, 0.1) is 5.60 Å². The minimum absolute atomic E-state index is 0.0141. The van der Waals surface area contributed by atoms with Gasteiger partial charge >= 0.3 is 6.03 Å². The quantitative estimate of drug-likeness (QED) is 0.724. The van der Waals surface area contributed by atoms with E-state index in [1.165, 1.54) is 0 Å². The van der Waals surface area contributed by atoms with Crippen molar-refractivity contribution in [3.63, 3.8) is 0 Å². The molecule has 0 aliphatic carbocycles. The van der Waals surface area contributed by atoms with Gasteiger partial charge in [0.1, 0.15) is 0 Å². The first-order chi connectivity index (χ1) is 9.88. The maximum atomic E-state index is 11.8. The lowest BCUT2D eigenvalue weighted by atomic mass is 9.98. The zero-order valence-electron chi connectivity index (χ0n) is 12.9. The number of urea groups is 1. The van der Waals surface area contributed by atoms with Crippen molar-refractivity contribution in [2.75, 3.05) is 6.54 Å². The highest BCUT2D eigenvalue weighted by Crippen LogP contribution is 2.13. The van der Waals surface area contributed by atoms with Gasteiger partial charge in [-0.3, -0.25) is 0 Å². The Hall–Kier alpha value is -1.26. The van der Waals surface area contributed by atoms with E-state index < -0.39 is 5.60 Å². The van der Waals surface area contributed by atoms with E-state index in [0.717, 1.165) is 5.56 Å². The summed E-state index contributed by atoms with van der Waals surface area (Å²) in [6, 6.07) is 7.32. The van der Waals surface area contributed by atoms with E-state index in [4.69, 9.17) is 11.6 Å². The Morgan fingerprint density at radius 2 is 2.05 bits per heavy atom. The molecule has 0 aliphatic heterocycles. The fraction of sp³-hybridized carbons (Fsp3) is 0.562. The van der Waals surface area contributed by atoms with Gasteiger partial charge in [-0.1, -0.05) is 37.6 Å². The Morgan fingerprint density at radius 1 is 1.38 bits per heavy atom. The molecule has 0 aromatic heterocycles. The van der Waals surface area contributed by atoms with Crippen molar-refractivity contribution < 1.29 is 9.90 Å². The zero-order valence-corrected chi connectivity index (χ0v) is 13.7. The molecule has 0 bridgehead atoms. The molecule has 1 rings (SSSR count). The van der Waals surface area contributed by atoms with Crippen LogP contribution in [-0.4, -0.2) is 29.3 Å². The largest absolute Gasteiger partial charge is 0.388 e. The molecule has 0 unspecified atom stereocenters. The molecule has 0 aliphatic rings. The van der Waals surface area contributed by atoms with Crippen LogP contribution in [0, 0.1) is 0 Å². The van der Waals surface area contributed by atoms with E-state index in [9.17, 15) is 9.90 Å². The summed E-state index contributed by atoms with van der Waals surface area (Å²) in [5, 5.41) is 16.4. The number of aliphatic hydroxyl groups is 1. The van der Waals surface area contributed by atoms with Crippen LogP contribution >= 0.6 is 11.6 Å². The number of rotatable bonds is 7. The van der Waals surface area contributed by atoms with Crippen LogP contribution in [0.2, 0.25) is 5.02 Å². The Morgan fingerprint density at radius 3 is 2.62 bits per heavy atom. The van der Waals surface area contributed by atoms with Crippen LogP contribution in [0.25, 0.3) is 0 Å². The average Bonchev–Trinajstić information content (AvgIpc) is 2.44. The fourth-order valence-electron chi connectivity index (χ4n) is 2.09. The summed E-state index contributed by atoms with van der Waals surface area (Å²) in [4.78, 5) is 11.8. The number of amides is 2. The summed E-state index contributed by atoms with van der Waals surface area (Å²) < 4.78 is 0. The van der Waals surface area contributed by atoms with Crippen LogP contribution < -0.4 is 10.6 Å². The van der Waals surface area contributed by atoms with E-state index >= 15 is 0 Å². The van der Waals surface area contributed by atoms with E-state index in [-0.39, 0.29) is 18.6 Å². The summed E-state index contributed by atoms with van der Waals surface area (Å²) in [6.07, 6.45) is 1.93. The molecule has 118 valence electrons. The third-order valence-electron chi connectivity index (χ3n) is 3.70. The summed E-state index contributed by atoms with van der Waals surface area (Å²) >= 11 is 5.94. The van der Waals surface area contributed by atoms with Crippen molar-refractivity contribution >= 4 is 17.6 Å². The zero-order chi connectivity index (χ0) is 15.9. The van der Waals surface area contributed by atoms with Crippen LogP contribution in [0.3, 0.4) is 0 Å². The van der Waals surface area contributed by atoms with Crippen molar-refractivity contribution in [2.45, 2.75) is 51.7 Å². The first-order valence-electron chi connectivity index (χ1n) is 7.39. The number of nitrogens with one attached hydrogen (secondary N) is 2. The Labute approximate surface area is 131 Å². The molecule has 2 amide bonds. The second-order valence-electron chi connectivity index (χ2n) is 5.49. The molecule has 5 heteroatoms. The molecule has 0 radical (unpaired) electrons. The second kappa shape index (κ2) is 8.25. The van der Waals surface area contributed by atoms with Crippen molar-refractivity contribution in [1.82, 2.24) is 10.6 Å². The monoisotopic (exact) mass is 312 g/mol. The number of hydrogen-bond acceptors (Lipinski definition) is 2. The van der Waals surface area contributed by atoms with E-state index in [1.807, 2.05) is 45.0 Å². The van der Waals surface area contributed by atoms with Gasteiger partial charge in [-0.25, -0.2) is 4.79 Å². The molecule has 0 saturated heterocycles. The van der Waals surface area contributed by atoms with Gasteiger partial charge in [-0.2, -0.15) is 0 Å². The molecule has 21 heavy (non-hydrogen) atoms. The summed E-state index contributed by atoms with van der Waals surface area (Å²) in [5.41, 5.74) is 0.252. The van der Waals surface area contributed by atoms with Gasteiger partial charge < -0.3 is 15.7 Å². The molecule has 0 saturated carbocycles. The van der Waals surface area contributed by atoms with Gasteiger partial charge in [0.25, 0.3) is 0 Å². The highest BCUT2D eigenvalue weighted by Gasteiger charge is 2.22. The lowest BCUT2D eigenvalue weighted by Crippen LogP contribution is -2.48. The van der Waals surface area contributed by atoms with Gasteiger partial charge in [0.2, 0.25) is 0 Å². The maximum absolute atomic E-state index is 11.8. The Balaban J connectivity index is 2.40. The van der Waals surface area contributed by atoms with Crippen LogP contribution in [0.5, 0.6) is 0 Å². The van der Waals surface area contributed by atoms with Crippen molar-refractivity contribution in [1.29, 1.82) is 0 Å². The topological polar surface area (TPSA) is 61.4 Å². The van der Waals surface area contributed by atoms with Gasteiger partial charge in [0.15, 0.2) is 0 Å². The third kappa shape index (κ3) is 6.36. The second-order valence-corrected chi connectivity index (χ2v) is 5.93. The molecule has 0 heterocycles. The Bertz CT molecular complexity index is 461. The number of carbonyl (C=O) groups excluding carboxylic acids is 1. The smallest absolute Gasteiger partial charge is 0.315 e. The molecule has 0 spiro atoms. The molecule has 4 nitrogen and oxygen atoms in total. The van der Waals surface area contributed by atoms with Crippen LogP contribution in [0.4, 0.5) is 4.79 Å². The summed E-state index contributed by atoms with van der Waals surface area (Å²) in [7, 11) is 0. The van der Waals surface area contributed by atoms with E-state index in [2.05, 4.69) is 10.6 Å². The number of carbonyl (C=O) groups is 1. The van der Waals surface area contributed by atoms with Crippen LogP contribution in [-0.2, 0) is 6.42 Å². The predicted molar refractivity (Wildman–Crippen MR) is 86.7 cm³/mol. The van der Waals surface area contributed by atoms with E-state index in [1.54, 1.807) is 0 Å². The number of hydrogen-bond donors (Lipinski definition) is 3. The normalized spacial score (nSPS) is 12.8. The lowest BCUT2D eigenvalue weighted by Gasteiger charge is -2.26. The van der Waals surface area contributed by atoms with Gasteiger partial charge in [-0.15, -0.1) is 0 Å². The molecular weight excluding hydrogens is 288 g/mol. The molecule has 1 aromatic carbocycles. The van der Waals surface area contributed by atoms with Crippen molar-refractivity contribution in [3.05, 3.63) is 34.9 Å². The van der Waals surface area contributed by atoms with E-state index in [0.29, 0.717) is 24.3 Å². The summed E-state index contributed by atoms with van der Waals surface area (Å²) in [5.74, 6) is 0. The minimum Gasteiger partial charge on any atom is -0.388 e. The molecule has 0 fully saturated rings. The molecule has 1 aromatic rings. The van der Waals surface area contributed by atoms with Crippen molar-refractivity contribution in [3.8, 4) is 0 Å². The number of halogens is 1. The number of benzene rings is 1. The van der Waals surface area contributed by atoms with Crippen molar-refractivity contribution in [2.24, 2.45) is 0 Å². The lowest BCUT2D eigenvalue weighted by molar-refractivity contribution is 0.0349. The van der Waals surface area contributed by atoms with Gasteiger partial charge in [0, 0.05) is 17.6 Å². The standard InChI is InChI=1S/C16H25ClN2O2/c1-4-16(21,5-2)11-18-15(20)19-12(3)9-13-7-6-8-14(17)10-13/h6-8,10,12,21H,4-5,9,11H2,1-3H3,(H2,18,19,20)/t12-/m0/s1. The molecule has 3 N–H and O–H groups in total. The Kier molecular flexibility index (Phi) is 6.99. The first kappa shape index (κ1) is 17.8. The molecular formula is C16H25ClN2O2. The third-order valence-corrected chi connectivity index (χ3v) is 3.94. The molecule has 1 atom stereocenters. The van der Waals surface area contributed by atoms with Gasteiger partial charge in [-0.05, 0) is 43.9 Å². The minimum atomic E-state index is -0.826. The fourth-order valence-corrected chi connectivity index (χ4v) is 2.30. The highest BCUT2D eigenvalue weighted by molar-refractivity contribution is 6.30. The highest BCUT2D eigenvalue weighted by atomic mass is 35.5. The SMILES string of the molecule is CCC(O)(CC)CNC(=O)N[C@@H](C)Cc1cccc(Cl)c1. The van der Waals surface area contributed by atoms with Crippen LogP contribution in [0.1, 0.15) is 39.2 Å². The first-order valence-corrected chi connectivity index (χ1v) is 7.77. The predicted octanol–water partition coefficient (Wildman–Crippen LogP) is 3.12. The average molecular weight is 313 g/mol. The van der Waals surface area contributed by atoms with Crippen LogP contribution in [0.15, 0.2) is 24.3 Å². The summed E-state index contributed by atoms with van der Waals surface area (Å²) in [6.45, 7) is 6.01.